The lowest BCUT2D eigenvalue weighted by Crippen LogP contribution is -2.15. The van der Waals surface area contributed by atoms with Gasteiger partial charge in [-0.2, -0.15) is 0 Å². The maximum Gasteiger partial charge on any atom is 0.335 e. The lowest BCUT2D eigenvalue weighted by molar-refractivity contribution is -0.115. The lowest BCUT2D eigenvalue weighted by Gasteiger charge is -2.08. The smallest absolute Gasteiger partial charge is 0.335 e. The standard InChI is InChI=1S/C23H19ClN2O4S/c24-17-8-4-15(5-9-17)12-21(27)26-19-2-1-3-20(13-19)31-14-22(28)25-18-10-6-16(7-11-18)23(29)30/h1-11,13H,12,14H2,(H,25,28)(H,26,27)(H,29,30). The van der Waals surface area contributed by atoms with Crippen LogP contribution in [-0.2, 0) is 16.0 Å². The van der Waals surface area contributed by atoms with Crippen molar-refractivity contribution in [2.75, 3.05) is 16.4 Å². The zero-order valence-electron chi connectivity index (χ0n) is 16.3. The van der Waals surface area contributed by atoms with Crippen molar-refractivity contribution < 1.29 is 19.5 Å². The van der Waals surface area contributed by atoms with Crippen molar-refractivity contribution in [2.45, 2.75) is 11.3 Å². The third kappa shape index (κ3) is 7.16. The number of amides is 2. The maximum absolute atomic E-state index is 12.3. The van der Waals surface area contributed by atoms with Crippen molar-refractivity contribution in [2.24, 2.45) is 0 Å². The van der Waals surface area contributed by atoms with Crippen LogP contribution in [0.2, 0.25) is 5.02 Å². The van der Waals surface area contributed by atoms with Crippen molar-refractivity contribution in [3.8, 4) is 0 Å². The van der Waals surface area contributed by atoms with Gasteiger partial charge < -0.3 is 15.7 Å². The van der Waals surface area contributed by atoms with E-state index in [1.54, 1.807) is 36.4 Å². The third-order valence-electron chi connectivity index (χ3n) is 4.18. The molecule has 3 aromatic rings. The van der Waals surface area contributed by atoms with Crippen molar-refractivity contribution in [3.63, 3.8) is 0 Å². The fourth-order valence-corrected chi connectivity index (χ4v) is 3.58. The molecule has 31 heavy (non-hydrogen) atoms. The van der Waals surface area contributed by atoms with E-state index in [0.29, 0.717) is 16.4 Å². The minimum Gasteiger partial charge on any atom is -0.478 e. The number of hydrogen-bond donors (Lipinski definition) is 3. The monoisotopic (exact) mass is 454 g/mol. The summed E-state index contributed by atoms with van der Waals surface area (Å²) in [5.41, 5.74) is 2.19. The van der Waals surface area contributed by atoms with Crippen LogP contribution in [0.1, 0.15) is 15.9 Å². The van der Waals surface area contributed by atoms with Gasteiger partial charge in [0.25, 0.3) is 0 Å². The van der Waals surface area contributed by atoms with E-state index in [4.69, 9.17) is 16.7 Å². The van der Waals surface area contributed by atoms with Gasteiger partial charge in [-0.15, -0.1) is 11.8 Å². The van der Waals surface area contributed by atoms with Crippen molar-refractivity contribution in [1.82, 2.24) is 0 Å². The number of aromatic carboxylic acids is 1. The molecule has 8 heteroatoms. The molecular weight excluding hydrogens is 436 g/mol. The first-order valence-corrected chi connectivity index (χ1v) is 10.7. The first-order valence-electron chi connectivity index (χ1n) is 9.29. The van der Waals surface area contributed by atoms with Gasteiger partial charge in [0, 0.05) is 21.3 Å². The van der Waals surface area contributed by atoms with Crippen molar-refractivity contribution >= 4 is 52.5 Å². The largest absolute Gasteiger partial charge is 0.478 e. The molecule has 0 aliphatic heterocycles. The van der Waals surface area contributed by atoms with Crippen LogP contribution in [0.15, 0.2) is 77.7 Å². The summed E-state index contributed by atoms with van der Waals surface area (Å²) in [6.07, 6.45) is 0.234. The summed E-state index contributed by atoms with van der Waals surface area (Å²) in [5, 5.41) is 15.1. The van der Waals surface area contributed by atoms with E-state index in [1.807, 2.05) is 24.3 Å². The molecule has 0 saturated heterocycles. The highest BCUT2D eigenvalue weighted by Crippen LogP contribution is 2.22. The van der Waals surface area contributed by atoms with Gasteiger partial charge in [-0.05, 0) is 60.2 Å². The molecule has 0 atom stereocenters. The molecule has 158 valence electrons. The summed E-state index contributed by atoms with van der Waals surface area (Å²) < 4.78 is 0. The summed E-state index contributed by atoms with van der Waals surface area (Å²) in [5.74, 6) is -1.21. The third-order valence-corrected chi connectivity index (χ3v) is 5.43. The Morgan fingerprint density at radius 1 is 0.839 bits per heavy atom. The number of anilines is 2. The van der Waals surface area contributed by atoms with Crippen molar-refractivity contribution in [3.05, 3.63) is 88.9 Å². The minimum absolute atomic E-state index is 0.146. The Balaban J connectivity index is 1.50. The van der Waals surface area contributed by atoms with Gasteiger partial charge in [0.1, 0.15) is 0 Å². The summed E-state index contributed by atoms with van der Waals surface area (Å²) >= 11 is 7.19. The first kappa shape index (κ1) is 22.4. The van der Waals surface area contributed by atoms with Crippen LogP contribution in [-0.4, -0.2) is 28.6 Å². The summed E-state index contributed by atoms with van der Waals surface area (Å²) in [6, 6.07) is 20.3. The maximum atomic E-state index is 12.3. The highest BCUT2D eigenvalue weighted by atomic mass is 35.5. The lowest BCUT2D eigenvalue weighted by atomic mass is 10.1. The van der Waals surface area contributed by atoms with Crippen LogP contribution in [0, 0.1) is 0 Å². The molecule has 0 bridgehead atoms. The van der Waals surface area contributed by atoms with Crippen LogP contribution in [0.5, 0.6) is 0 Å². The number of hydrogen-bond acceptors (Lipinski definition) is 4. The molecule has 0 radical (unpaired) electrons. The SMILES string of the molecule is O=C(CSc1cccc(NC(=O)Cc2ccc(Cl)cc2)c1)Nc1ccc(C(=O)O)cc1. The van der Waals surface area contributed by atoms with Gasteiger partial charge in [-0.1, -0.05) is 29.8 Å². The Morgan fingerprint density at radius 3 is 2.19 bits per heavy atom. The van der Waals surface area contributed by atoms with Gasteiger partial charge in [-0.25, -0.2) is 4.79 Å². The number of thioether (sulfide) groups is 1. The predicted molar refractivity (Wildman–Crippen MR) is 123 cm³/mol. The van der Waals surface area contributed by atoms with Crippen molar-refractivity contribution in [1.29, 1.82) is 0 Å². The molecular formula is C23H19ClN2O4S. The van der Waals surface area contributed by atoms with E-state index >= 15 is 0 Å². The number of halogens is 1. The topological polar surface area (TPSA) is 95.5 Å². The van der Waals surface area contributed by atoms with Crippen LogP contribution < -0.4 is 10.6 Å². The van der Waals surface area contributed by atoms with E-state index < -0.39 is 5.97 Å². The number of carbonyl (C=O) groups excluding carboxylic acids is 2. The summed E-state index contributed by atoms with van der Waals surface area (Å²) in [6.45, 7) is 0. The Bertz CT molecular complexity index is 1090. The Kier molecular flexibility index (Phi) is 7.70. The molecule has 0 aromatic heterocycles. The molecule has 0 aliphatic carbocycles. The molecule has 0 heterocycles. The second-order valence-corrected chi connectivity index (χ2v) is 8.08. The van der Waals surface area contributed by atoms with Crippen LogP contribution >= 0.6 is 23.4 Å². The molecule has 6 nitrogen and oxygen atoms in total. The van der Waals surface area contributed by atoms with Crippen LogP contribution in [0.3, 0.4) is 0 Å². The van der Waals surface area contributed by atoms with Crippen LogP contribution in [0.4, 0.5) is 11.4 Å². The summed E-state index contributed by atoms with van der Waals surface area (Å²) in [7, 11) is 0. The minimum atomic E-state index is -1.02. The van der Waals surface area contributed by atoms with Gasteiger partial charge in [-0.3, -0.25) is 9.59 Å². The molecule has 3 N–H and O–H groups in total. The summed E-state index contributed by atoms with van der Waals surface area (Å²) in [4.78, 5) is 36.1. The van der Waals surface area contributed by atoms with E-state index in [2.05, 4.69) is 10.6 Å². The van der Waals surface area contributed by atoms with Gasteiger partial charge in [0.05, 0.1) is 17.7 Å². The van der Waals surface area contributed by atoms with E-state index in [0.717, 1.165) is 10.5 Å². The quantitative estimate of drug-likeness (QED) is 0.418. The molecule has 0 fully saturated rings. The average molecular weight is 455 g/mol. The molecule has 3 rings (SSSR count). The number of carbonyl (C=O) groups is 3. The number of nitrogens with one attached hydrogen (secondary N) is 2. The van der Waals surface area contributed by atoms with E-state index in [-0.39, 0.29) is 29.6 Å². The number of carboxylic acid groups (broad SMARTS) is 1. The Labute approximate surface area is 188 Å². The van der Waals surface area contributed by atoms with Gasteiger partial charge in [0.15, 0.2) is 0 Å². The Hall–Kier alpha value is -3.29. The molecule has 0 unspecified atom stereocenters. The number of carboxylic acids is 1. The highest BCUT2D eigenvalue weighted by Gasteiger charge is 2.08. The average Bonchev–Trinajstić information content (AvgIpc) is 2.74. The van der Waals surface area contributed by atoms with Gasteiger partial charge in [0.2, 0.25) is 11.8 Å². The number of benzene rings is 3. The van der Waals surface area contributed by atoms with Gasteiger partial charge >= 0.3 is 5.97 Å². The van der Waals surface area contributed by atoms with E-state index in [1.165, 1.54) is 23.9 Å². The molecule has 0 spiro atoms. The zero-order valence-corrected chi connectivity index (χ0v) is 17.9. The normalized spacial score (nSPS) is 10.4. The zero-order chi connectivity index (χ0) is 22.2. The van der Waals surface area contributed by atoms with E-state index in [9.17, 15) is 14.4 Å². The molecule has 0 aliphatic rings. The van der Waals surface area contributed by atoms with Crippen LogP contribution in [0.25, 0.3) is 0 Å². The molecule has 2 amide bonds. The fraction of sp³-hybridized carbons (Fsp3) is 0.0870. The Morgan fingerprint density at radius 2 is 1.52 bits per heavy atom. The fourth-order valence-electron chi connectivity index (χ4n) is 2.70. The number of rotatable bonds is 8. The highest BCUT2D eigenvalue weighted by molar-refractivity contribution is 8.00. The second kappa shape index (κ2) is 10.7. The molecule has 0 saturated carbocycles. The molecule has 3 aromatic carbocycles. The first-order chi connectivity index (χ1) is 14.9. The second-order valence-electron chi connectivity index (χ2n) is 6.60. The predicted octanol–water partition coefficient (Wildman–Crippen LogP) is 4.95.